The lowest BCUT2D eigenvalue weighted by molar-refractivity contribution is -0.384. The van der Waals surface area contributed by atoms with Crippen LogP contribution < -0.4 is 10.4 Å². The van der Waals surface area contributed by atoms with Crippen molar-refractivity contribution in [2.24, 2.45) is 0 Å². The predicted octanol–water partition coefficient (Wildman–Crippen LogP) is 3.27. The Kier molecular flexibility index (Phi) is 4.81. The number of nitro groups is 1. The Morgan fingerprint density at radius 1 is 1.12 bits per heavy atom. The first-order valence-electron chi connectivity index (χ1n) is 7.49. The maximum Gasteiger partial charge on any atom is 0.282 e. The molecule has 1 heterocycles. The van der Waals surface area contributed by atoms with Gasteiger partial charge in [-0.2, -0.15) is 0 Å². The Morgan fingerprint density at radius 3 is 2.62 bits per heavy atom. The molecule has 1 aliphatic heterocycles. The van der Waals surface area contributed by atoms with Gasteiger partial charge in [0.25, 0.3) is 17.5 Å². The monoisotopic (exact) mass is 369 g/mol. The fourth-order valence-electron chi connectivity index (χ4n) is 2.37. The van der Waals surface area contributed by atoms with Crippen LogP contribution in [-0.4, -0.2) is 16.7 Å². The molecule has 8 heteroatoms. The zero-order chi connectivity index (χ0) is 18.7. The Labute approximate surface area is 153 Å². The van der Waals surface area contributed by atoms with Crippen molar-refractivity contribution in [3.8, 4) is 0 Å². The van der Waals surface area contributed by atoms with E-state index < -0.39 is 16.7 Å². The first-order valence-corrected chi connectivity index (χ1v) is 7.87. The van der Waals surface area contributed by atoms with Crippen LogP contribution in [0.4, 0.5) is 11.4 Å². The van der Waals surface area contributed by atoms with Crippen LogP contribution >= 0.6 is 11.6 Å². The van der Waals surface area contributed by atoms with E-state index in [1.807, 2.05) is 0 Å². The van der Waals surface area contributed by atoms with Crippen LogP contribution in [0, 0.1) is 10.1 Å². The number of nitro benzene ring substituents is 1. The minimum atomic E-state index is -0.543. The highest BCUT2D eigenvalue weighted by Gasteiger charge is 2.33. The lowest BCUT2D eigenvalue weighted by Crippen LogP contribution is -2.35. The maximum atomic E-state index is 12.4. The van der Waals surface area contributed by atoms with Gasteiger partial charge in [0.1, 0.15) is 5.57 Å². The fourth-order valence-corrected chi connectivity index (χ4v) is 2.56. The highest BCUT2D eigenvalue weighted by atomic mass is 35.5. The van der Waals surface area contributed by atoms with Crippen molar-refractivity contribution in [1.29, 1.82) is 0 Å². The number of hydrogen-bond donors (Lipinski definition) is 1. The molecule has 7 nitrogen and oxygen atoms in total. The van der Waals surface area contributed by atoms with E-state index in [1.54, 1.807) is 42.5 Å². The number of nitrogens with one attached hydrogen (secondary N) is 1. The van der Waals surface area contributed by atoms with E-state index in [0.29, 0.717) is 16.3 Å². The molecule has 2 amide bonds. The number of halogens is 1. The molecule has 2 aromatic rings. The summed E-state index contributed by atoms with van der Waals surface area (Å²) in [5.74, 6) is -1.06. The Balaban J connectivity index is 1.81. The third-order valence-corrected chi connectivity index (χ3v) is 3.83. The Morgan fingerprint density at radius 2 is 1.88 bits per heavy atom. The second-order valence-electron chi connectivity index (χ2n) is 5.35. The summed E-state index contributed by atoms with van der Waals surface area (Å²) >= 11 is 5.91. The number of hydrazine groups is 1. The Bertz CT molecular complexity index is 968. The van der Waals surface area contributed by atoms with Crippen LogP contribution in [-0.2, 0) is 9.59 Å². The van der Waals surface area contributed by atoms with Gasteiger partial charge in [-0.25, -0.2) is 5.01 Å². The molecule has 0 saturated carbocycles. The van der Waals surface area contributed by atoms with E-state index in [1.165, 1.54) is 24.3 Å². The van der Waals surface area contributed by atoms with Crippen LogP contribution in [0.2, 0.25) is 5.02 Å². The van der Waals surface area contributed by atoms with E-state index in [2.05, 4.69) is 5.43 Å². The number of carbonyl (C=O) groups is 2. The summed E-state index contributed by atoms with van der Waals surface area (Å²) in [6.45, 7) is 0. The normalized spacial score (nSPS) is 15.7. The van der Waals surface area contributed by atoms with Gasteiger partial charge in [0.05, 0.1) is 10.6 Å². The molecule has 2 aromatic carbocycles. The number of benzene rings is 2. The smallest absolute Gasteiger partial charge is 0.267 e. The van der Waals surface area contributed by atoms with Gasteiger partial charge in [-0.05, 0) is 29.8 Å². The maximum absolute atomic E-state index is 12.4. The molecule has 1 aliphatic rings. The second-order valence-corrected chi connectivity index (χ2v) is 5.79. The Hall–Kier alpha value is -3.45. The number of hydrogen-bond acceptors (Lipinski definition) is 4. The van der Waals surface area contributed by atoms with Gasteiger partial charge in [-0.1, -0.05) is 42.0 Å². The average Bonchev–Trinajstić information content (AvgIpc) is 2.90. The topological polar surface area (TPSA) is 92.6 Å². The van der Waals surface area contributed by atoms with E-state index in [-0.39, 0.29) is 11.3 Å². The zero-order valence-electron chi connectivity index (χ0n) is 13.3. The molecule has 0 bridgehead atoms. The zero-order valence-corrected chi connectivity index (χ0v) is 14.0. The van der Waals surface area contributed by atoms with Gasteiger partial charge in [0.2, 0.25) is 0 Å². The van der Waals surface area contributed by atoms with E-state index >= 15 is 0 Å². The highest BCUT2D eigenvalue weighted by molar-refractivity contribution is 6.32. The number of amides is 2. The third kappa shape index (κ3) is 3.62. The first-order chi connectivity index (χ1) is 12.5. The van der Waals surface area contributed by atoms with Crippen molar-refractivity contribution in [3.63, 3.8) is 0 Å². The highest BCUT2D eigenvalue weighted by Crippen LogP contribution is 2.23. The second kappa shape index (κ2) is 7.20. The van der Waals surface area contributed by atoms with Gasteiger partial charge in [0, 0.05) is 17.2 Å². The van der Waals surface area contributed by atoms with Crippen LogP contribution in [0.15, 0.2) is 66.3 Å². The number of rotatable bonds is 4. The molecule has 3 rings (SSSR count). The first kappa shape index (κ1) is 17.4. The lowest BCUT2D eigenvalue weighted by atomic mass is 10.1. The molecule has 0 atom stereocenters. The largest absolute Gasteiger partial charge is 0.282 e. The van der Waals surface area contributed by atoms with Crippen molar-refractivity contribution < 1.29 is 14.5 Å². The predicted molar refractivity (Wildman–Crippen MR) is 97.3 cm³/mol. The summed E-state index contributed by atoms with van der Waals surface area (Å²) in [6, 6.07) is 12.5. The summed E-state index contributed by atoms with van der Waals surface area (Å²) in [5.41, 5.74) is 3.40. The molecule has 0 aliphatic carbocycles. The number of carbonyl (C=O) groups excluding carboxylic acids is 2. The van der Waals surface area contributed by atoms with Gasteiger partial charge in [0.15, 0.2) is 0 Å². The fraction of sp³-hybridized carbons (Fsp3) is 0. The van der Waals surface area contributed by atoms with Crippen molar-refractivity contribution in [2.75, 3.05) is 5.01 Å². The number of non-ortho nitro benzene ring substituents is 1. The summed E-state index contributed by atoms with van der Waals surface area (Å²) in [7, 11) is 0. The molecular formula is C18H12ClN3O4. The van der Waals surface area contributed by atoms with E-state index in [0.717, 1.165) is 5.01 Å². The minimum absolute atomic E-state index is 0.0402. The molecule has 1 fully saturated rings. The van der Waals surface area contributed by atoms with Gasteiger partial charge < -0.3 is 0 Å². The molecule has 1 saturated heterocycles. The molecule has 0 aromatic heterocycles. The van der Waals surface area contributed by atoms with Crippen LogP contribution in [0.1, 0.15) is 5.56 Å². The van der Waals surface area contributed by atoms with Crippen LogP contribution in [0.5, 0.6) is 0 Å². The number of allylic oxidation sites excluding steroid dienone is 2. The summed E-state index contributed by atoms with van der Waals surface area (Å²) in [4.78, 5) is 34.7. The lowest BCUT2D eigenvalue weighted by Gasteiger charge is -2.14. The minimum Gasteiger partial charge on any atom is -0.267 e. The third-order valence-electron chi connectivity index (χ3n) is 3.59. The van der Waals surface area contributed by atoms with Crippen LogP contribution in [0.25, 0.3) is 6.08 Å². The molecule has 1 N–H and O–H groups in total. The molecule has 0 spiro atoms. The molecular weight excluding hydrogens is 358 g/mol. The summed E-state index contributed by atoms with van der Waals surface area (Å²) < 4.78 is 0. The van der Waals surface area contributed by atoms with Gasteiger partial charge >= 0.3 is 0 Å². The molecule has 0 radical (unpaired) electrons. The number of nitrogens with zero attached hydrogens (tertiary/aromatic N) is 2. The average molecular weight is 370 g/mol. The molecule has 26 heavy (non-hydrogen) atoms. The quantitative estimate of drug-likeness (QED) is 0.387. The summed E-state index contributed by atoms with van der Waals surface area (Å²) in [5, 5.41) is 12.3. The van der Waals surface area contributed by atoms with Crippen molar-refractivity contribution in [2.45, 2.75) is 0 Å². The van der Waals surface area contributed by atoms with E-state index in [9.17, 15) is 19.7 Å². The van der Waals surface area contributed by atoms with Gasteiger partial charge in [-0.15, -0.1) is 0 Å². The number of anilines is 1. The van der Waals surface area contributed by atoms with Crippen LogP contribution in [0.3, 0.4) is 0 Å². The SMILES string of the molecule is O=C1NN(c2cccc(Cl)c2)C(=O)/C1=C\C=C\c1cccc([N+](=O)[O-])c1. The van der Waals surface area contributed by atoms with Gasteiger partial charge in [-0.3, -0.25) is 25.1 Å². The summed E-state index contributed by atoms with van der Waals surface area (Å²) in [6.07, 6.45) is 4.43. The van der Waals surface area contributed by atoms with Crippen molar-refractivity contribution in [3.05, 3.63) is 87.0 Å². The van der Waals surface area contributed by atoms with E-state index in [4.69, 9.17) is 11.6 Å². The van der Waals surface area contributed by atoms with Crippen molar-refractivity contribution in [1.82, 2.24) is 5.43 Å². The van der Waals surface area contributed by atoms with Crippen molar-refractivity contribution >= 4 is 40.9 Å². The molecule has 0 unspecified atom stereocenters. The standard InChI is InChI=1S/C18H12ClN3O4/c19-13-6-3-7-14(11-13)21-18(24)16(17(23)20-21)9-2-5-12-4-1-8-15(10-12)22(25)26/h1-11H,(H,20,23)/b5-2+,16-9-. The molecule has 130 valence electrons.